The molecule has 2 aromatic rings. The number of hydrogen-bond donors (Lipinski definition) is 1. The van der Waals surface area contributed by atoms with Crippen molar-refractivity contribution < 1.29 is 5.11 Å². The van der Waals surface area contributed by atoms with Crippen LogP contribution in [0.1, 0.15) is 17.7 Å². The fourth-order valence-electron chi connectivity index (χ4n) is 3.11. The summed E-state index contributed by atoms with van der Waals surface area (Å²) < 4.78 is 0. The van der Waals surface area contributed by atoms with Crippen LogP contribution in [0.25, 0.3) is 11.3 Å². The number of thiazole rings is 1. The Morgan fingerprint density at radius 1 is 1.30 bits per heavy atom. The minimum atomic E-state index is 0.299. The average Bonchev–Trinajstić information content (AvgIpc) is 3.00. The van der Waals surface area contributed by atoms with E-state index in [4.69, 9.17) is 4.98 Å². The van der Waals surface area contributed by atoms with Crippen LogP contribution in [0.2, 0.25) is 0 Å². The van der Waals surface area contributed by atoms with Gasteiger partial charge in [-0.3, -0.25) is 4.90 Å². The van der Waals surface area contributed by atoms with Gasteiger partial charge in [-0.05, 0) is 25.3 Å². The average molecular weight is 331 g/mol. The first-order valence-corrected chi connectivity index (χ1v) is 9.04. The molecule has 1 N–H and O–H groups in total. The topological polar surface area (TPSA) is 39.6 Å². The summed E-state index contributed by atoms with van der Waals surface area (Å²) in [6.45, 7) is 3.32. The van der Waals surface area contributed by atoms with Crippen molar-refractivity contribution in [1.29, 1.82) is 0 Å². The number of anilines is 1. The van der Waals surface area contributed by atoms with Crippen LogP contribution in [0.5, 0.6) is 0 Å². The van der Waals surface area contributed by atoms with Crippen LogP contribution < -0.4 is 4.90 Å². The molecular formula is C18H25N3OS. The maximum Gasteiger partial charge on any atom is 0.185 e. The third kappa shape index (κ3) is 3.91. The smallest absolute Gasteiger partial charge is 0.185 e. The number of aromatic nitrogens is 1. The summed E-state index contributed by atoms with van der Waals surface area (Å²) in [4.78, 5) is 10.7. The number of benzene rings is 1. The van der Waals surface area contributed by atoms with Crippen molar-refractivity contribution >= 4 is 16.5 Å². The molecule has 1 atom stereocenters. The Labute approximate surface area is 142 Å². The van der Waals surface area contributed by atoms with Crippen molar-refractivity contribution in [3.63, 3.8) is 0 Å². The van der Waals surface area contributed by atoms with E-state index in [1.165, 1.54) is 16.9 Å². The second kappa shape index (κ2) is 7.43. The summed E-state index contributed by atoms with van der Waals surface area (Å²) in [5.74, 6) is 0.421. The van der Waals surface area contributed by atoms with E-state index in [2.05, 4.69) is 34.1 Å². The van der Waals surface area contributed by atoms with E-state index in [9.17, 15) is 5.11 Å². The van der Waals surface area contributed by atoms with E-state index in [1.807, 2.05) is 20.2 Å². The minimum Gasteiger partial charge on any atom is -0.396 e. The lowest BCUT2D eigenvalue weighted by Crippen LogP contribution is -2.36. The van der Waals surface area contributed by atoms with Gasteiger partial charge in [-0.25, -0.2) is 4.98 Å². The molecule has 0 saturated carbocycles. The zero-order valence-corrected chi connectivity index (χ0v) is 14.7. The number of aliphatic hydroxyl groups excluding tert-OH is 1. The van der Waals surface area contributed by atoms with Gasteiger partial charge in [0.1, 0.15) is 0 Å². The fourth-order valence-corrected chi connectivity index (χ4v) is 4.15. The molecule has 1 aliphatic heterocycles. The van der Waals surface area contributed by atoms with Crippen LogP contribution in [0.3, 0.4) is 0 Å². The molecule has 1 fully saturated rings. The Morgan fingerprint density at radius 2 is 2.09 bits per heavy atom. The standard InChI is InChI=1S/C18H25N3OS/c1-20(2)18-19-17(15-8-4-3-5-9-15)16(23-18)12-21-10-6-7-14(11-21)13-22/h3-5,8-9,14,22H,6-7,10-13H2,1-2H3. The highest BCUT2D eigenvalue weighted by atomic mass is 32.1. The molecule has 0 aliphatic carbocycles. The maximum atomic E-state index is 9.44. The van der Waals surface area contributed by atoms with Crippen LogP contribution >= 0.6 is 11.3 Å². The van der Waals surface area contributed by atoms with Crippen molar-refractivity contribution in [2.75, 3.05) is 38.7 Å². The van der Waals surface area contributed by atoms with E-state index in [0.717, 1.165) is 36.9 Å². The van der Waals surface area contributed by atoms with Crippen LogP contribution in [0, 0.1) is 5.92 Å². The monoisotopic (exact) mass is 331 g/mol. The first kappa shape index (κ1) is 16.4. The third-order valence-corrected chi connectivity index (χ3v) is 5.55. The number of likely N-dealkylation sites (tertiary alicyclic amines) is 1. The van der Waals surface area contributed by atoms with Gasteiger partial charge in [-0.1, -0.05) is 41.7 Å². The molecule has 3 rings (SSSR count). The second-order valence-electron chi connectivity index (χ2n) is 6.45. The lowest BCUT2D eigenvalue weighted by molar-refractivity contribution is 0.116. The van der Waals surface area contributed by atoms with E-state index >= 15 is 0 Å². The Hall–Kier alpha value is -1.43. The highest BCUT2D eigenvalue weighted by molar-refractivity contribution is 7.16. The van der Waals surface area contributed by atoms with E-state index in [-0.39, 0.29) is 0 Å². The first-order chi connectivity index (χ1) is 11.2. The van der Waals surface area contributed by atoms with Crippen molar-refractivity contribution in [1.82, 2.24) is 9.88 Å². The predicted molar refractivity (Wildman–Crippen MR) is 97.0 cm³/mol. The number of aliphatic hydroxyl groups is 1. The third-order valence-electron chi connectivity index (χ3n) is 4.34. The quantitative estimate of drug-likeness (QED) is 0.914. The molecule has 1 aromatic heterocycles. The molecule has 2 heterocycles. The molecule has 5 heteroatoms. The number of rotatable bonds is 5. The van der Waals surface area contributed by atoms with Crippen LogP contribution in [0.4, 0.5) is 5.13 Å². The lowest BCUT2D eigenvalue weighted by Gasteiger charge is -2.31. The predicted octanol–water partition coefficient (Wildman–Crippen LogP) is 3.08. The van der Waals surface area contributed by atoms with Gasteiger partial charge < -0.3 is 10.0 Å². The Bertz CT molecular complexity index is 626. The highest BCUT2D eigenvalue weighted by Gasteiger charge is 2.22. The van der Waals surface area contributed by atoms with Crippen molar-refractivity contribution in [2.24, 2.45) is 5.92 Å². The molecule has 1 aliphatic rings. The number of piperidine rings is 1. The van der Waals surface area contributed by atoms with Gasteiger partial charge in [0.2, 0.25) is 0 Å². The summed E-state index contributed by atoms with van der Waals surface area (Å²) in [5, 5.41) is 10.5. The first-order valence-electron chi connectivity index (χ1n) is 8.23. The van der Waals surface area contributed by atoms with Gasteiger partial charge in [0.05, 0.1) is 5.69 Å². The Morgan fingerprint density at radius 3 is 2.78 bits per heavy atom. The summed E-state index contributed by atoms with van der Waals surface area (Å²) in [6.07, 6.45) is 2.31. The molecule has 23 heavy (non-hydrogen) atoms. The molecule has 4 nitrogen and oxygen atoms in total. The zero-order chi connectivity index (χ0) is 16.2. The van der Waals surface area contributed by atoms with Crippen molar-refractivity contribution in [2.45, 2.75) is 19.4 Å². The summed E-state index contributed by atoms with van der Waals surface area (Å²) in [6, 6.07) is 10.4. The summed E-state index contributed by atoms with van der Waals surface area (Å²) >= 11 is 1.78. The Kier molecular flexibility index (Phi) is 5.30. The molecule has 1 saturated heterocycles. The van der Waals surface area contributed by atoms with Crippen LogP contribution in [-0.4, -0.2) is 48.8 Å². The molecular weight excluding hydrogens is 306 g/mol. The van der Waals surface area contributed by atoms with Gasteiger partial charge in [0.25, 0.3) is 0 Å². The van der Waals surface area contributed by atoms with Gasteiger partial charge in [-0.2, -0.15) is 0 Å². The molecule has 1 aromatic carbocycles. The number of nitrogens with zero attached hydrogens (tertiary/aromatic N) is 3. The minimum absolute atomic E-state index is 0.299. The maximum absolute atomic E-state index is 9.44. The molecule has 0 radical (unpaired) electrons. The lowest BCUT2D eigenvalue weighted by atomic mass is 9.99. The van der Waals surface area contributed by atoms with E-state index in [0.29, 0.717) is 12.5 Å². The largest absolute Gasteiger partial charge is 0.396 e. The van der Waals surface area contributed by atoms with E-state index < -0.39 is 0 Å². The fraction of sp³-hybridized carbons (Fsp3) is 0.500. The van der Waals surface area contributed by atoms with E-state index in [1.54, 1.807) is 11.3 Å². The van der Waals surface area contributed by atoms with Gasteiger partial charge in [0.15, 0.2) is 5.13 Å². The van der Waals surface area contributed by atoms with Crippen molar-refractivity contribution in [3.8, 4) is 11.3 Å². The Balaban J connectivity index is 1.85. The normalized spacial score (nSPS) is 19.0. The SMILES string of the molecule is CN(C)c1nc(-c2ccccc2)c(CN2CCCC(CO)C2)s1. The molecule has 1 unspecified atom stereocenters. The molecule has 124 valence electrons. The summed E-state index contributed by atoms with van der Waals surface area (Å²) in [5.41, 5.74) is 2.29. The molecule has 0 spiro atoms. The van der Waals surface area contributed by atoms with Gasteiger partial charge in [-0.15, -0.1) is 0 Å². The van der Waals surface area contributed by atoms with Crippen LogP contribution in [0.15, 0.2) is 30.3 Å². The van der Waals surface area contributed by atoms with Crippen molar-refractivity contribution in [3.05, 3.63) is 35.2 Å². The van der Waals surface area contributed by atoms with Gasteiger partial charge in [0, 0.05) is 44.2 Å². The highest BCUT2D eigenvalue weighted by Crippen LogP contribution is 2.34. The van der Waals surface area contributed by atoms with Gasteiger partial charge >= 0.3 is 0 Å². The zero-order valence-electron chi connectivity index (χ0n) is 13.9. The second-order valence-corrected chi connectivity index (χ2v) is 7.52. The summed E-state index contributed by atoms with van der Waals surface area (Å²) in [7, 11) is 4.08. The number of hydrogen-bond acceptors (Lipinski definition) is 5. The molecule has 0 amide bonds. The molecule has 0 bridgehead atoms. The van der Waals surface area contributed by atoms with Crippen LogP contribution in [-0.2, 0) is 6.54 Å².